The largest absolute Gasteiger partial charge is 0.354 e. The first-order chi connectivity index (χ1) is 15.1. The lowest BCUT2D eigenvalue weighted by Crippen LogP contribution is -2.56. The first kappa shape index (κ1) is 20.1. The molecule has 2 heterocycles. The second kappa shape index (κ2) is 8.04. The van der Waals surface area contributed by atoms with Crippen molar-refractivity contribution in [1.29, 1.82) is 0 Å². The molecule has 1 fully saturated rings. The molecule has 162 valence electrons. The summed E-state index contributed by atoms with van der Waals surface area (Å²) in [5, 5.41) is 4.70. The zero-order valence-electron chi connectivity index (χ0n) is 18.7. The SMILES string of the molecule is CCN(CC)C(=O)N[C@H]1C[C@@H]2c3cccc4[nH]c(-c5ccccc5)c(c34)C[C@H]2N(C)C1. The van der Waals surface area contributed by atoms with E-state index < -0.39 is 0 Å². The van der Waals surface area contributed by atoms with E-state index >= 15 is 0 Å². The number of likely N-dealkylation sites (N-methyl/N-ethyl adjacent to an activating group) is 1. The van der Waals surface area contributed by atoms with Crippen LogP contribution in [-0.4, -0.2) is 59.6 Å². The second-order valence-electron chi connectivity index (χ2n) is 8.99. The molecule has 3 atom stereocenters. The molecule has 0 unspecified atom stereocenters. The van der Waals surface area contributed by atoms with Gasteiger partial charge in [0.1, 0.15) is 0 Å². The Labute approximate surface area is 184 Å². The number of carbonyl (C=O) groups is 1. The van der Waals surface area contributed by atoms with Crippen LogP contribution in [0.15, 0.2) is 48.5 Å². The number of hydrogen-bond acceptors (Lipinski definition) is 2. The predicted molar refractivity (Wildman–Crippen MR) is 126 cm³/mol. The number of H-pyrrole nitrogens is 1. The molecule has 0 bridgehead atoms. The quantitative estimate of drug-likeness (QED) is 0.653. The number of aromatic nitrogens is 1. The van der Waals surface area contributed by atoms with E-state index in [4.69, 9.17) is 0 Å². The van der Waals surface area contributed by atoms with E-state index in [9.17, 15) is 4.79 Å². The summed E-state index contributed by atoms with van der Waals surface area (Å²) in [7, 11) is 2.22. The van der Waals surface area contributed by atoms with E-state index in [0.29, 0.717) is 12.0 Å². The van der Waals surface area contributed by atoms with Crippen LogP contribution in [-0.2, 0) is 6.42 Å². The minimum Gasteiger partial charge on any atom is -0.354 e. The number of hydrogen-bond donors (Lipinski definition) is 2. The first-order valence-electron chi connectivity index (χ1n) is 11.5. The average molecular weight is 417 g/mol. The van der Waals surface area contributed by atoms with Crippen LogP contribution in [0.5, 0.6) is 0 Å². The van der Waals surface area contributed by atoms with Crippen LogP contribution in [0, 0.1) is 0 Å². The molecule has 31 heavy (non-hydrogen) atoms. The van der Waals surface area contributed by atoms with Crippen molar-refractivity contribution in [3.8, 4) is 11.3 Å². The number of nitrogens with one attached hydrogen (secondary N) is 2. The fourth-order valence-corrected chi connectivity index (χ4v) is 5.76. The molecule has 1 aromatic heterocycles. The number of amides is 2. The third-order valence-corrected chi connectivity index (χ3v) is 7.29. The van der Waals surface area contributed by atoms with Gasteiger partial charge in [-0.15, -0.1) is 0 Å². The smallest absolute Gasteiger partial charge is 0.317 e. The van der Waals surface area contributed by atoms with Crippen LogP contribution in [0.25, 0.3) is 22.2 Å². The Morgan fingerprint density at radius 3 is 2.65 bits per heavy atom. The van der Waals surface area contributed by atoms with Crippen molar-refractivity contribution in [3.05, 3.63) is 59.7 Å². The highest BCUT2D eigenvalue weighted by Crippen LogP contribution is 2.46. The summed E-state index contributed by atoms with van der Waals surface area (Å²) in [5.41, 5.74) is 6.60. The lowest BCUT2D eigenvalue weighted by Gasteiger charge is -2.46. The molecule has 0 saturated carbocycles. The molecule has 2 aromatic carbocycles. The molecule has 3 aromatic rings. The van der Waals surface area contributed by atoms with Crippen molar-refractivity contribution >= 4 is 16.9 Å². The Bertz CT molecular complexity index is 1090. The molecule has 1 saturated heterocycles. The molecule has 2 N–H and O–H groups in total. The molecule has 0 spiro atoms. The third-order valence-electron chi connectivity index (χ3n) is 7.29. The lowest BCUT2D eigenvalue weighted by molar-refractivity contribution is 0.124. The van der Waals surface area contributed by atoms with Gasteiger partial charge >= 0.3 is 6.03 Å². The molecule has 5 nitrogen and oxygen atoms in total. The number of aromatic amines is 1. The maximum atomic E-state index is 12.7. The molecule has 2 amide bonds. The van der Waals surface area contributed by atoms with Crippen molar-refractivity contribution in [1.82, 2.24) is 20.1 Å². The molecule has 5 rings (SSSR count). The van der Waals surface area contributed by atoms with Gasteiger partial charge in [-0.1, -0.05) is 42.5 Å². The summed E-state index contributed by atoms with van der Waals surface area (Å²) in [4.78, 5) is 20.7. The summed E-state index contributed by atoms with van der Waals surface area (Å²) >= 11 is 0. The van der Waals surface area contributed by atoms with Crippen LogP contribution in [0.4, 0.5) is 4.79 Å². The van der Waals surface area contributed by atoms with Gasteiger partial charge in [-0.3, -0.25) is 0 Å². The molecule has 1 aliphatic carbocycles. The number of carbonyl (C=O) groups excluding carboxylic acids is 1. The third kappa shape index (κ3) is 3.41. The normalized spacial score (nSPS) is 22.9. The summed E-state index contributed by atoms with van der Waals surface area (Å²) in [5.74, 6) is 0.427. The minimum absolute atomic E-state index is 0.0598. The lowest BCUT2D eigenvalue weighted by atomic mass is 9.73. The van der Waals surface area contributed by atoms with E-state index in [-0.39, 0.29) is 12.1 Å². The number of nitrogens with zero attached hydrogens (tertiary/aromatic N) is 2. The zero-order chi connectivity index (χ0) is 21.5. The molecular formula is C26H32N4O. The van der Waals surface area contributed by atoms with Crippen molar-refractivity contribution in [3.63, 3.8) is 0 Å². The molecule has 2 aliphatic rings. The van der Waals surface area contributed by atoms with E-state index in [1.807, 2.05) is 18.7 Å². The van der Waals surface area contributed by atoms with E-state index in [0.717, 1.165) is 32.5 Å². The van der Waals surface area contributed by atoms with Crippen LogP contribution < -0.4 is 5.32 Å². The van der Waals surface area contributed by atoms with Gasteiger partial charge in [0.25, 0.3) is 0 Å². The number of urea groups is 1. The van der Waals surface area contributed by atoms with Gasteiger partial charge < -0.3 is 20.1 Å². The van der Waals surface area contributed by atoms with E-state index in [1.165, 1.54) is 33.3 Å². The topological polar surface area (TPSA) is 51.4 Å². The summed E-state index contributed by atoms with van der Waals surface area (Å²) in [6.07, 6.45) is 2.03. The standard InChI is InChI=1S/C26H32N4O/c1-4-30(5-2)26(31)27-18-14-20-19-12-9-13-22-24(19)21(15-23(20)29(3)16-18)25(28-22)17-10-7-6-8-11-17/h6-13,18,20,23,28H,4-5,14-16H2,1-3H3,(H,27,31)/t18-,20+,23+/m0/s1. The van der Waals surface area contributed by atoms with Gasteiger partial charge in [0.2, 0.25) is 0 Å². The summed E-state index contributed by atoms with van der Waals surface area (Å²) < 4.78 is 0. The molecule has 5 heteroatoms. The molecule has 1 aliphatic heterocycles. The van der Waals surface area contributed by atoms with Gasteiger partial charge in [-0.25, -0.2) is 4.79 Å². The maximum absolute atomic E-state index is 12.7. The number of rotatable bonds is 4. The molecule has 0 radical (unpaired) electrons. The minimum atomic E-state index is 0.0598. The highest BCUT2D eigenvalue weighted by atomic mass is 16.2. The van der Waals surface area contributed by atoms with Gasteiger partial charge in [-0.2, -0.15) is 0 Å². The van der Waals surface area contributed by atoms with Crippen LogP contribution in [0.3, 0.4) is 0 Å². The van der Waals surface area contributed by atoms with Crippen molar-refractivity contribution in [2.45, 2.75) is 44.7 Å². The number of benzene rings is 2. The monoisotopic (exact) mass is 416 g/mol. The Kier molecular flexibility index (Phi) is 5.22. The predicted octanol–water partition coefficient (Wildman–Crippen LogP) is 4.60. The van der Waals surface area contributed by atoms with Crippen molar-refractivity contribution in [2.75, 3.05) is 26.7 Å². The second-order valence-corrected chi connectivity index (χ2v) is 8.99. The summed E-state index contributed by atoms with van der Waals surface area (Å²) in [6, 6.07) is 18.0. The Morgan fingerprint density at radius 1 is 1.13 bits per heavy atom. The summed E-state index contributed by atoms with van der Waals surface area (Å²) in [6.45, 7) is 6.44. The number of piperidine rings is 1. The zero-order valence-corrected chi connectivity index (χ0v) is 18.7. The highest BCUT2D eigenvalue weighted by Gasteiger charge is 2.41. The highest BCUT2D eigenvalue weighted by molar-refractivity contribution is 5.94. The van der Waals surface area contributed by atoms with Crippen LogP contribution in [0.2, 0.25) is 0 Å². The van der Waals surface area contributed by atoms with Crippen LogP contribution in [0.1, 0.15) is 37.3 Å². The van der Waals surface area contributed by atoms with Crippen LogP contribution >= 0.6 is 0 Å². The van der Waals surface area contributed by atoms with Crippen molar-refractivity contribution < 1.29 is 4.79 Å². The van der Waals surface area contributed by atoms with Gasteiger partial charge in [0, 0.05) is 54.2 Å². The first-order valence-corrected chi connectivity index (χ1v) is 11.5. The van der Waals surface area contributed by atoms with Crippen molar-refractivity contribution in [2.24, 2.45) is 0 Å². The Morgan fingerprint density at radius 2 is 1.90 bits per heavy atom. The van der Waals surface area contributed by atoms with E-state index in [2.05, 4.69) is 70.8 Å². The van der Waals surface area contributed by atoms with Gasteiger partial charge in [-0.05, 0) is 56.5 Å². The molecular weight excluding hydrogens is 384 g/mol. The van der Waals surface area contributed by atoms with Gasteiger partial charge in [0.15, 0.2) is 0 Å². The Balaban J connectivity index is 1.50. The average Bonchev–Trinajstić information content (AvgIpc) is 3.16. The fourth-order valence-electron chi connectivity index (χ4n) is 5.76. The fraction of sp³-hybridized carbons (Fsp3) is 0.423. The number of likely N-dealkylation sites (tertiary alicyclic amines) is 1. The number of fused-ring (bicyclic) bond motifs is 2. The maximum Gasteiger partial charge on any atom is 0.317 e. The Hall–Kier alpha value is -2.79. The van der Waals surface area contributed by atoms with E-state index in [1.54, 1.807) is 0 Å². The van der Waals surface area contributed by atoms with Gasteiger partial charge in [0.05, 0.1) is 0 Å².